The van der Waals surface area contributed by atoms with E-state index in [2.05, 4.69) is 4.90 Å². The number of rotatable bonds is 6. The van der Waals surface area contributed by atoms with Crippen LogP contribution in [-0.4, -0.2) is 42.4 Å². The number of halogens is 1. The molecule has 1 aliphatic heterocycles. The predicted molar refractivity (Wildman–Crippen MR) is 123 cm³/mol. The zero-order valence-electron chi connectivity index (χ0n) is 19.7. The van der Waals surface area contributed by atoms with Gasteiger partial charge in [0.15, 0.2) is 0 Å². The van der Waals surface area contributed by atoms with Crippen molar-refractivity contribution in [1.82, 2.24) is 4.90 Å². The highest BCUT2D eigenvalue weighted by Gasteiger charge is 2.44. The summed E-state index contributed by atoms with van der Waals surface area (Å²) in [5.74, 6) is 0.592. The summed E-state index contributed by atoms with van der Waals surface area (Å²) in [6.45, 7) is 6.29. The van der Waals surface area contributed by atoms with Gasteiger partial charge in [0.25, 0.3) is 0 Å². The van der Waals surface area contributed by atoms with E-state index in [0.717, 1.165) is 64.5 Å². The number of likely N-dealkylation sites (tertiary alicyclic amines) is 1. The van der Waals surface area contributed by atoms with Gasteiger partial charge < -0.3 is 9.64 Å². The summed E-state index contributed by atoms with van der Waals surface area (Å²) in [5, 5.41) is 0. The van der Waals surface area contributed by atoms with Crippen molar-refractivity contribution < 1.29 is 18.7 Å². The highest BCUT2D eigenvalue weighted by atomic mass is 19.1. The van der Waals surface area contributed by atoms with Gasteiger partial charge in [-0.15, -0.1) is 0 Å². The average molecular weight is 444 g/mol. The van der Waals surface area contributed by atoms with Crippen LogP contribution in [0.4, 0.5) is 4.39 Å². The third kappa shape index (κ3) is 4.93. The molecule has 1 atom stereocenters. The van der Waals surface area contributed by atoms with Crippen LogP contribution in [0.25, 0.3) is 0 Å². The Balaban J connectivity index is 1.42. The average Bonchev–Trinajstić information content (AvgIpc) is 2.80. The standard InChI is InChI=1S/C27H38FNO3/c1-3-24(30)16-19-15-21-5-8-22(28)17-25(21)27(18-19)11-13-29(14-12-27)23-9-6-20(7-10-23)26(31)32-4-2/h5,8,17,19-20,23H,3-4,6-7,9-16,18H2,1-2H3. The molecule has 1 aromatic rings. The molecule has 0 bridgehead atoms. The first-order valence-corrected chi connectivity index (χ1v) is 12.7. The van der Waals surface area contributed by atoms with Crippen LogP contribution < -0.4 is 0 Å². The Kier molecular flexibility index (Phi) is 7.34. The molecule has 0 N–H and O–H groups in total. The predicted octanol–water partition coefficient (Wildman–Crippen LogP) is 5.21. The Labute approximate surface area is 191 Å². The first-order chi connectivity index (χ1) is 15.4. The van der Waals surface area contributed by atoms with E-state index in [9.17, 15) is 14.0 Å². The van der Waals surface area contributed by atoms with Crippen LogP contribution in [0.15, 0.2) is 18.2 Å². The number of esters is 1. The van der Waals surface area contributed by atoms with Gasteiger partial charge in [-0.1, -0.05) is 13.0 Å². The summed E-state index contributed by atoms with van der Waals surface area (Å²) in [5.41, 5.74) is 2.44. The summed E-state index contributed by atoms with van der Waals surface area (Å²) in [6.07, 6.45) is 9.13. The molecular formula is C27H38FNO3. The monoisotopic (exact) mass is 443 g/mol. The van der Waals surface area contributed by atoms with Gasteiger partial charge in [-0.3, -0.25) is 9.59 Å². The van der Waals surface area contributed by atoms with Crippen molar-refractivity contribution in [2.24, 2.45) is 11.8 Å². The van der Waals surface area contributed by atoms with Gasteiger partial charge >= 0.3 is 5.97 Å². The quantitative estimate of drug-likeness (QED) is 0.566. The fourth-order valence-corrected chi connectivity index (χ4v) is 6.60. The minimum atomic E-state index is -0.147. The van der Waals surface area contributed by atoms with Crippen molar-refractivity contribution in [3.05, 3.63) is 35.1 Å². The zero-order chi connectivity index (χ0) is 22.7. The number of benzene rings is 1. The Morgan fingerprint density at radius 3 is 2.50 bits per heavy atom. The Morgan fingerprint density at radius 1 is 1.12 bits per heavy atom. The molecule has 2 aliphatic carbocycles. The van der Waals surface area contributed by atoms with Crippen LogP contribution in [-0.2, 0) is 26.2 Å². The first-order valence-electron chi connectivity index (χ1n) is 12.7. The second kappa shape index (κ2) is 10.0. The maximum atomic E-state index is 14.2. The maximum Gasteiger partial charge on any atom is 0.308 e. The van der Waals surface area contributed by atoms with Gasteiger partial charge in [0.1, 0.15) is 11.6 Å². The van der Waals surface area contributed by atoms with Crippen molar-refractivity contribution in [2.75, 3.05) is 19.7 Å². The fourth-order valence-electron chi connectivity index (χ4n) is 6.60. The molecule has 1 unspecified atom stereocenters. The Morgan fingerprint density at radius 2 is 1.84 bits per heavy atom. The number of piperidine rings is 1. The molecule has 1 saturated carbocycles. The first kappa shape index (κ1) is 23.4. The molecule has 4 nitrogen and oxygen atoms in total. The third-order valence-corrected chi connectivity index (χ3v) is 8.33. The number of carbonyl (C=O) groups is 2. The number of hydrogen-bond donors (Lipinski definition) is 0. The highest BCUT2D eigenvalue weighted by molar-refractivity contribution is 5.78. The normalized spacial score (nSPS) is 27.7. The lowest BCUT2D eigenvalue weighted by molar-refractivity contribution is -0.149. The highest BCUT2D eigenvalue weighted by Crippen LogP contribution is 2.48. The van der Waals surface area contributed by atoms with Crippen molar-refractivity contribution in [1.29, 1.82) is 0 Å². The topological polar surface area (TPSA) is 46.6 Å². The van der Waals surface area contributed by atoms with Crippen LogP contribution >= 0.6 is 0 Å². The van der Waals surface area contributed by atoms with Gasteiger partial charge in [-0.05, 0) is 106 Å². The Hall–Kier alpha value is -1.75. The van der Waals surface area contributed by atoms with Crippen LogP contribution in [0.1, 0.15) is 82.8 Å². The molecule has 0 aromatic heterocycles. The number of fused-ring (bicyclic) bond motifs is 2. The number of ketones is 1. The van der Waals surface area contributed by atoms with Crippen molar-refractivity contribution >= 4 is 11.8 Å². The summed E-state index contributed by atoms with van der Waals surface area (Å²) in [7, 11) is 0. The second-order valence-electron chi connectivity index (χ2n) is 10.2. The van der Waals surface area contributed by atoms with E-state index in [-0.39, 0.29) is 23.1 Å². The van der Waals surface area contributed by atoms with Crippen LogP contribution in [0, 0.1) is 17.7 Å². The van der Waals surface area contributed by atoms with Gasteiger partial charge in [0.05, 0.1) is 12.5 Å². The van der Waals surface area contributed by atoms with E-state index >= 15 is 0 Å². The lowest BCUT2D eigenvalue weighted by Crippen LogP contribution is -2.50. The van der Waals surface area contributed by atoms with E-state index in [1.807, 2.05) is 19.9 Å². The number of carbonyl (C=O) groups excluding carboxylic acids is 2. The zero-order valence-corrected chi connectivity index (χ0v) is 19.7. The number of hydrogen-bond acceptors (Lipinski definition) is 4. The molecule has 2 fully saturated rings. The van der Waals surface area contributed by atoms with E-state index in [1.165, 1.54) is 11.1 Å². The molecular weight excluding hydrogens is 405 g/mol. The lowest BCUT2D eigenvalue weighted by atomic mass is 9.61. The minimum Gasteiger partial charge on any atom is -0.466 e. The van der Waals surface area contributed by atoms with Crippen LogP contribution in [0.5, 0.6) is 0 Å². The van der Waals surface area contributed by atoms with Crippen LogP contribution in [0.3, 0.4) is 0 Å². The summed E-state index contributed by atoms with van der Waals surface area (Å²) in [6, 6.07) is 5.84. The fraction of sp³-hybridized carbons (Fsp3) is 0.704. The van der Waals surface area contributed by atoms with Crippen molar-refractivity contribution in [3.63, 3.8) is 0 Å². The number of ether oxygens (including phenoxy) is 1. The molecule has 1 saturated heterocycles. The number of nitrogens with zero attached hydrogens (tertiary/aromatic N) is 1. The molecule has 1 heterocycles. The number of Topliss-reactive ketones (excluding diaryl/α,β-unsaturated/α-hetero) is 1. The van der Waals surface area contributed by atoms with Gasteiger partial charge in [0, 0.05) is 18.9 Å². The molecule has 5 heteroatoms. The minimum absolute atomic E-state index is 0.00694. The smallest absolute Gasteiger partial charge is 0.308 e. The summed E-state index contributed by atoms with van der Waals surface area (Å²) in [4.78, 5) is 26.9. The lowest BCUT2D eigenvalue weighted by Gasteiger charge is -2.50. The SMILES string of the molecule is CCOC(=O)C1CCC(N2CCC3(CC2)CC(CC(=O)CC)Cc2ccc(F)cc23)CC1. The maximum absolute atomic E-state index is 14.2. The molecule has 0 radical (unpaired) electrons. The van der Waals surface area contributed by atoms with E-state index in [1.54, 1.807) is 12.1 Å². The van der Waals surface area contributed by atoms with Crippen LogP contribution in [0.2, 0.25) is 0 Å². The second-order valence-corrected chi connectivity index (χ2v) is 10.2. The van der Waals surface area contributed by atoms with Crippen molar-refractivity contribution in [3.8, 4) is 0 Å². The van der Waals surface area contributed by atoms with Gasteiger partial charge in [-0.25, -0.2) is 4.39 Å². The van der Waals surface area contributed by atoms with E-state index in [0.29, 0.717) is 37.2 Å². The molecule has 32 heavy (non-hydrogen) atoms. The largest absolute Gasteiger partial charge is 0.466 e. The van der Waals surface area contributed by atoms with E-state index < -0.39 is 0 Å². The van der Waals surface area contributed by atoms with E-state index in [4.69, 9.17) is 4.74 Å². The molecule has 1 aromatic carbocycles. The van der Waals surface area contributed by atoms with Gasteiger partial charge in [0.2, 0.25) is 0 Å². The molecule has 1 spiro atoms. The molecule has 176 valence electrons. The molecule has 0 amide bonds. The van der Waals surface area contributed by atoms with Crippen molar-refractivity contribution in [2.45, 2.75) is 89.5 Å². The molecule has 4 rings (SSSR count). The summed E-state index contributed by atoms with van der Waals surface area (Å²) < 4.78 is 19.4. The molecule has 3 aliphatic rings. The van der Waals surface area contributed by atoms with Gasteiger partial charge in [-0.2, -0.15) is 0 Å². The third-order valence-electron chi connectivity index (χ3n) is 8.33. The Bertz CT molecular complexity index is 822. The summed E-state index contributed by atoms with van der Waals surface area (Å²) >= 11 is 0.